The third kappa shape index (κ3) is 4.16. The Morgan fingerprint density at radius 2 is 2.11 bits per heavy atom. The molecule has 1 N–H and O–H groups in total. The number of fused-ring (bicyclic) bond motifs is 1. The van der Waals surface area contributed by atoms with E-state index in [4.69, 9.17) is 16.3 Å². The fourth-order valence-corrected chi connectivity index (χ4v) is 6.51. The maximum Gasteiger partial charge on any atom is 0.228 e. The standard InChI is InChI=1S/C19H27ClN2O4S/c1-26-12-11-22-17-8-4-5-9-19(17,10-13-27(22,24)25)18(23)21-14-15-6-2-3-7-16(15)20/h2-3,6-7,17H,4-5,8-14H2,1H3,(H,21,23)/t17-,19-/m1/s1. The summed E-state index contributed by atoms with van der Waals surface area (Å²) in [6.07, 6.45) is 3.67. The summed E-state index contributed by atoms with van der Waals surface area (Å²) in [5, 5.41) is 3.64. The van der Waals surface area contributed by atoms with Gasteiger partial charge in [-0.25, -0.2) is 8.42 Å². The second kappa shape index (κ2) is 8.47. The van der Waals surface area contributed by atoms with Gasteiger partial charge in [-0.2, -0.15) is 4.31 Å². The smallest absolute Gasteiger partial charge is 0.228 e. The number of hydrogen-bond acceptors (Lipinski definition) is 4. The average molecular weight is 415 g/mol. The Morgan fingerprint density at radius 1 is 1.33 bits per heavy atom. The zero-order valence-electron chi connectivity index (χ0n) is 15.6. The SMILES string of the molecule is COCCN1[C@@H]2CCCC[C@@]2(C(=O)NCc2ccccc2Cl)CCS1(=O)=O. The fraction of sp³-hybridized carbons (Fsp3) is 0.632. The van der Waals surface area contributed by atoms with Gasteiger partial charge >= 0.3 is 0 Å². The van der Waals surface area contributed by atoms with Crippen molar-refractivity contribution in [3.8, 4) is 0 Å². The zero-order valence-corrected chi connectivity index (χ0v) is 17.2. The van der Waals surface area contributed by atoms with Gasteiger partial charge in [-0.15, -0.1) is 0 Å². The van der Waals surface area contributed by atoms with E-state index >= 15 is 0 Å². The highest BCUT2D eigenvalue weighted by atomic mass is 35.5. The molecule has 1 aromatic rings. The van der Waals surface area contributed by atoms with Crippen LogP contribution in [0, 0.1) is 5.41 Å². The lowest BCUT2D eigenvalue weighted by atomic mass is 9.67. The molecule has 0 radical (unpaired) electrons. The van der Waals surface area contributed by atoms with Crippen molar-refractivity contribution >= 4 is 27.5 Å². The number of methoxy groups -OCH3 is 1. The molecule has 27 heavy (non-hydrogen) atoms. The van der Waals surface area contributed by atoms with E-state index in [-0.39, 0.29) is 17.7 Å². The number of rotatable bonds is 6. The average Bonchev–Trinajstić information content (AvgIpc) is 2.66. The van der Waals surface area contributed by atoms with Crippen LogP contribution in [-0.2, 0) is 26.1 Å². The van der Waals surface area contributed by atoms with Crippen LogP contribution in [0.5, 0.6) is 0 Å². The number of carbonyl (C=O) groups excluding carboxylic acids is 1. The van der Waals surface area contributed by atoms with Gasteiger partial charge in [0, 0.05) is 31.3 Å². The van der Waals surface area contributed by atoms with Crippen molar-refractivity contribution in [1.29, 1.82) is 0 Å². The van der Waals surface area contributed by atoms with Crippen LogP contribution in [0.1, 0.15) is 37.7 Å². The van der Waals surface area contributed by atoms with Crippen LogP contribution < -0.4 is 5.32 Å². The van der Waals surface area contributed by atoms with Crippen molar-refractivity contribution in [3.63, 3.8) is 0 Å². The molecule has 0 aromatic heterocycles. The minimum atomic E-state index is -3.36. The largest absolute Gasteiger partial charge is 0.383 e. The number of nitrogens with zero attached hydrogens (tertiary/aromatic N) is 1. The lowest BCUT2D eigenvalue weighted by molar-refractivity contribution is -0.137. The van der Waals surface area contributed by atoms with Crippen molar-refractivity contribution in [1.82, 2.24) is 9.62 Å². The number of hydrogen-bond donors (Lipinski definition) is 1. The second-order valence-electron chi connectivity index (χ2n) is 7.36. The summed E-state index contributed by atoms with van der Waals surface area (Å²) in [7, 11) is -1.80. The van der Waals surface area contributed by atoms with Gasteiger partial charge in [0.15, 0.2) is 0 Å². The highest BCUT2D eigenvalue weighted by Crippen LogP contribution is 2.46. The third-order valence-corrected chi connectivity index (χ3v) is 8.11. The molecular weight excluding hydrogens is 388 g/mol. The monoisotopic (exact) mass is 414 g/mol. The van der Waals surface area contributed by atoms with Crippen molar-refractivity contribution < 1.29 is 17.9 Å². The van der Waals surface area contributed by atoms with E-state index in [1.165, 1.54) is 4.31 Å². The van der Waals surface area contributed by atoms with Crippen LogP contribution in [-0.4, -0.2) is 50.7 Å². The van der Waals surface area contributed by atoms with Gasteiger partial charge in [0.05, 0.1) is 17.8 Å². The Kier molecular flexibility index (Phi) is 6.46. The van der Waals surface area contributed by atoms with E-state index in [1.54, 1.807) is 13.2 Å². The van der Waals surface area contributed by atoms with Gasteiger partial charge in [0.1, 0.15) is 0 Å². The lowest BCUT2D eigenvalue weighted by Crippen LogP contribution is -2.63. The maximum absolute atomic E-state index is 13.3. The van der Waals surface area contributed by atoms with E-state index in [2.05, 4.69) is 5.32 Å². The van der Waals surface area contributed by atoms with E-state index in [1.807, 2.05) is 18.2 Å². The van der Waals surface area contributed by atoms with Gasteiger partial charge in [-0.05, 0) is 30.9 Å². The molecule has 2 fully saturated rings. The normalized spacial score (nSPS) is 27.7. The van der Waals surface area contributed by atoms with Crippen LogP contribution in [0.15, 0.2) is 24.3 Å². The highest BCUT2D eigenvalue weighted by Gasteiger charge is 2.55. The van der Waals surface area contributed by atoms with Crippen LogP contribution in [0.4, 0.5) is 0 Å². The van der Waals surface area contributed by atoms with Crippen molar-refractivity contribution in [2.24, 2.45) is 5.41 Å². The summed E-state index contributed by atoms with van der Waals surface area (Å²) in [5.74, 6) is -0.0587. The number of amides is 1. The van der Waals surface area contributed by atoms with Crippen molar-refractivity contribution in [2.45, 2.75) is 44.7 Å². The molecule has 1 amide bonds. The molecule has 1 saturated heterocycles. The van der Waals surface area contributed by atoms with Crippen LogP contribution in [0.2, 0.25) is 5.02 Å². The molecule has 1 saturated carbocycles. The topological polar surface area (TPSA) is 75.7 Å². The van der Waals surface area contributed by atoms with Crippen molar-refractivity contribution in [2.75, 3.05) is 26.0 Å². The molecule has 0 spiro atoms. The predicted octanol–water partition coefficient (Wildman–Crippen LogP) is 2.57. The van der Waals surface area contributed by atoms with Crippen LogP contribution in [0.25, 0.3) is 0 Å². The molecule has 1 aliphatic carbocycles. The Morgan fingerprint density at radius 3 is 2.85 bits per heavy atom. The lowest BCUT2D eigenvalue weighted by Gasteiger charge is -2.50. The molecular formula is C19H27ClN2O4S. The summed E-state index contributed by atoms with van der Waals surface area (Å²) >= 11 is 6.19. The quantitative estimate of drug-likeness (QED) is 0.776. The highest BCUT2D eigenvalue weighted by molar-refractivity contribution is 7.89. The first-order chi connectivity index (χ1) is 12.9. The minimum absolute atomic E-state index is 0.00667. The fourth-order valence-electron chi connectivity index (χ4n) is 4.40. The summed E-state index contributed by atoms with van der Waals surface area (Å²) in [4.78, 5) is 13.3. The van der Waals surface area contributed by atoms with Crippen LogP contribution >= 0.6 is 11.6 Å². The summed E-state index contributed by atoms with van der Waals surface area (Å²) in [6, 6.07) is 7.11. The maximum atomic E-state index is 13.3. The first-order valence-electron chi connectivity index (χ1n) is 9.41. The molecule has 2 aliphatic rings. The number of benzene rings is 1. The molecule has 1 aliphatic heterocycles. The van der Waals surface area contributed by atoms with Crippen molar-refractivity contribution in [3.05, 3.63) is 34.9 Å². The Labute approximate surface area is 166 Å². The summed E-state index contributed by atoms with van der Waals surface area (Å²) in [5.41, 5.74) is 0.189. The molecule has 2 atom stereocenters. The minimum Gasteiger partial charge on any atom is -0.383 e. The Bertz CT molecular complexity index is 786. The molecule has 150 valence electrons. The Balaban J connectivity index is 1.82. The van der Waals surface area contributed by atoms with Gasteiger partial charge < -0.3 is 10.1 Å². The third-order valence-electron chi connectivity index (χ3n) is 5.86. The number of ether oxygens (including phenoxy) is 1. The van der Waals surface area contributed by atoms with Gasteiger partial charge in [0.2, 0.25) is 15.9 Å². The molecule has 0 unspecified atom stereocenters. The number of carbonyl (C=O) groups is 1. The summed E-state index contributed by atoms with van der Waals surface area (Å²) in [6.45, 7) is 0.966. The first-order valence-corrected chi connectivity index (χ1v) is 11.4. The van der Waals surface area contributed by atoms with E-state index in [0.717, 1.165) is 18.4 Å². The number of halogens is 1. The number of nitrogens with one attached hydrogen (secondary N) is 1. The van der Waals surface area contributed by atoms with Gasteiger partial charge in [0.25, 0.3) is 0 Å². The zero-order chi connectivity index (χ0) is 19.5. The van der Waals surface area contributed by atoms with E-state index in [0.29, 0.717) is 44.0 Å². The molecule has 3 rings (SSSR count). The predicted molar refractivity (Wildman–Crippen MR) is 105 cm³/mol. The summed E-state index contributed by atoms with van der Waals surface area (Å²) < 4.78 is 31.9. The van der Waals surface area contributed by atoms with Crippen LogP contribution in [0.3, 0.4) is 0 Å². The molecule has 1 aromatic carbocycles. The Hall–Kier alpha value is -1.15. The van der Waals surface area contributed by atoms with E-state index in [9.17, 15) is 13.2 Å². The molecule has 1 heterocycles. The molecule has 8 heteroatoms. The number of sulfonamides is 1. The van der Waals surface area contributed by atoms with Gasteiger partial charge in [-0.3, -0.25) is 4.79 Å². The van der Waals surface area contributed by atoms with E-state index < -0.39 is 15.4 Å². The van der Waals surface area contributed by atoms with Gasteiger partial charge in [-0.1, -0.05) is 42.6 Å². The molecule has 6 nitrogen and oxygen atoms in total. The molecule has 0 bridgehead atoms. The first kappa shape index (κ1) is 20.6. The second-order valence-corrected chi connectivity index (χ2v) is 9.81.